The van der Waals surface area contributed by atoms with Gasteiger partial charge in [0.2, 0.25) is 0 Å². The van der Waals surface area contributed by atoms with E-state index in [0.717, 1.165) is 25.2 Å². The second-order valence-electron chi connectivity index (χ2n) is 5.81. The average Bonchev–Trinajstić information content (AvgIpc) is 3.11. The van der Waals surface area contributed by atoms with Crippen molar-refractivity contribution in [1.29, 1.82) is 5.26 Å². The topological polar surface area (TPSA) is 39.1 Å². The maximum atomic E-state index is 13.4. The number of rotatable bonds is 3. The van der Waals surface area contributed by atoms with Crippen LogP contribution in [0.15, 0.2) is 18.2 Å². The van der Waals surface area contributed by atoms with Crippen molar-refractivity contribution in [3.63, 3.8) is 0 Å². The predicted molar refractivity (Wildman–Crippen MR) is 75.6 cm³/mol. The van der Waals surface area contributed by atoms with E-state index in [1.165, 1.54) is 31.7 Å². The van der Waals surface area contributed by atoms with Crippen molar-refractivity contribution in [1.82, 2.24) is 10.2 Å². The molecule has 106 valence electrons. The summed E-state index contributed by atoms with van der Waals surface area (Å²) in [6, 6.07) is 8.01. The zero-order valence-electron chi connectivity index (χ0n) is 11.6. The van der Waals surface area contributed by atoms with Crippen LogP contribution in [0.5, 0.6) is 0 Å². The van der Waals surface area contributed by atoms with Crippen LogP contribution in [0.25, 0.3) is 0 Å². The van der Waals surface area contributed by atoms with Crippen LogP contribution < -0.4 is 5.32 Å². The molecule has 2 saturated heterocycles. The highest BCUT2D eigenvalue weighted by Gasteiger charge is 2.32. The van der Waals surface area contributed by atoms with E-state index in [1.54, 1.807) is 12.1 Å². The Morgan fingerprint density at radius 2 is 2.25 bits per heavy atom. The molecule has 2 heterocycles. The van der Waals surface area contributed by atoms with Crippen molar-refractivity contribution in [3.05, 3.63) is 35.1 Å². The number of hydrogen-bond donors (Lipinski definition) is 1. The van der Waals surface area contributed by atoms with E-state index in [2.05, 4.69) is 10.2 Å². The van der Waals surface area contributed by atoms with E-state index in [9.17, 15) is 4.39 Å². The van der Waals surface area contributed by atoms with E-state index >= 15 is 0 Å². The van der Waals surface area contributed by atoms with Gasteiger partial charge in [-0.2, -0.15) is 5.26 Å². The number of halogens is 1. The molecule has 0 radical (unpaired) electrons. The zero-order chi connectivity index (χ0) is 13.9. The summed E-state index contributed by atoms with van der Waals surface area (Å²) in [5.41, 5.74) is 1.19. The lowest BCUT2D eigenvalue weighted by Crippen LogP contribution is -2.43. The zero-order valence-corrected chi connectivity index (χ0v) is 11.6. The second-order valence-corrected chi connectivity index (χ2v) is 5.81. The summed E-state index contributed by atoms with van der Waals surface area (Å²) >= 11 is 0. The van der Waals surface area contributed by atoms with Crippen LogP contribution >= 0.6 is 0 Å². The summed E-state index contributed by atoms with van der Waals surface area (Å²) in [6.45, 7) is 3.05. The first kappa shape index (κ1) is 13.5. The molecule has 2 aliphatic heterocycles. The number of benzene rings is 1. The van der Waals surface area contributed by atoms with Gasteiger partial charge in [-0.3, -0.25) is 4.90 Å². The molecular formula is C16H20FN3. The van der Waals surface area contributed by atoms with Gasteiger partial charge in [0.25, 0.3) is 0 Å². The van der Waals surface area contributed by atoms with Crippen LogP contribution in [-0.2, 0) is 6.54 Å². The van der Waals surface area contributed by atoms with Crippen LogP contribution in [0.2, 0.25) is 0 Å². The first-order valence-corrected chi connectivity index (χ1v) is 7.44. The third-order valence-electron chi connectivity index (χ3n) is 4.51. The molecule has 2 unspecified atom stereocenters. The molecule has 3 nitrogen and oxygen atoms in total. The molecule has 2 atom stereocenters. The standard InChI is InChI=1S/C16H20FN3/c17-14-6-5-12(9-13(14)10-18)11-20-8-2-4-16(20)15-3-1-7-19-15/h5-6,9,15-16,19H,1-4,7-8,11H2. The first-order chi connectivity index (χ1) is 9.78. The van der Waals surface area contributed by atoms with Crippen molar-refractivity contribution in [2.75, 3.05) is 13.1 Å². The minimum Gasteiger partial charge on any atom is -0.312 e. The van der Waals surface area contributed by atoms with Gasteiger partial charge in [-0.15, -0.1) is 0 Å². The van der Waals surface area contributed by atoms with Crippen molar-refractivity contribution >= 4 is 0 Å². The molecule has 0 spiro atoms. The van der Waals surface area contributed by atoms with Gasteiger partial charge in [0.15, 0.2) is 0 Å². The van der Waals surface area contributed by atoms with Crippen molar-refractivity contribution in [2.24, 2.45) is 0 Å². The molecule has 0 bridgehead atoms. The Morgan fingerprint density at radius 1 is 1.35 bits per heavy atom. The average molecular weight is 273 g/mol. The predicted octanol–water partition coefficient (Wildman–Crippen LogP) is 2.41. The maximum Gasteiger partial charge on any atom is 0.140 e. The lowest BCUT2D eigenvalue weighted by atomic mass is 10.0. The third kappa shape index (κ3) is 2.70. The van der Waals surface area contributed by atoms with Crippen molar-refractivity contribution in [3.8, 4) is 6.07 Å². The summed E-state index contributed by atoms with van der Waals surface area (Å²) < 4.78 is 13.4. The van der Waals surface area contributed by atoms with E-state index in [-0.39, 0.29) is 5.56 Å². The lowest BCUT2D eigenvalue weighted by molar-refractivity contribution is 0.206. The number of nitrogens with zero attached hydrogens (tertiary/aromatic N) is 2. The van der Waals surface area contributed by atoms with Gasteiger partial charge in [-0.1, -0.05) is 6.07 Å². The normalized spacial score (nSPS) is 26.8. The van der Waals surface area contributed by atoms with Gasteiger partial charge < -0.3 is 5.32 Å². The van der Waals surface area contributed by atoms with Gasteiger partial charge in [0, 0.05) is 18.6 Å². The molecule has 1 N–H and O–H groups in total. The number of likely N-dealkylation sites (tertiary alicyclic amines) is 1. The fourth-order valence-corrected chi connectivity index (χ4v) is 3.53. The van der Waals surface area contributed by atoms with Crippen LogP contribution in [0.3, 0.4) is 0 Å². The van der Waals surface area contributed by atoms with Gasteiger partial charge >= 0.3 is 0 Å². The molecule has 0 aromatic heterocycles. The van der Waals surface area contributed by atoms with Gasteiger partial charge in [-0.25, -0.2) is 4.39 Å². The number of nitriles is 1. The Hall–Kier alpha value is -1.44. The van der Waals surface area contributed by atoms with Gasteiger partial charge in [-0.05, 0) is 56.5 Å². The molecule has 0 amide bonds. The third-order valence-corrected chi connectivity index (χ3v) is 4.51. The van der Waals surface area contributed by atoms with Gasteiger partial charge in [0.05, 0.1) is 5.56 Å². The van der Waals surface area contributed by atoms with Crippen molar-refractivity contribution < 1.29 is 4.39 Å². The Balaban J connectivity index is 1.71. The van der Waals surface area contributed by atoms with E-state index in [1.807, 2.05) is 6.07 Å². The molecule has 3 rings (SSSR count). The summed E-state index contributed by atoms with van der Waals surface area (Å²) in [6.07, 6.45) is 5.00. The Labute approximate surface area is 119 Å². The Bertz CT molecular complexity index is 517. The quantitative estimate of drug-likeness (QED) is 0.919. The SMILES string of the molecule is N#Cc1cc(CN2CCCC2C2CCCN2)ccc1F. The fourth-order valence-electron chi connectivity index (χ4n) is 3.53. The largest absolute Gasteiger partial charge is 0.312 e. The minimum absolute atomic E-state index is 0.150. The van der Waals surface area contributed by atoms with E-state index in [4.69, 9.17) is 5.26 Å². The summed E-state index contributed by atoms with van der Waals surface area (Å²) in [4.78, 5) is 2.48. The second kappa shape index (κ2) is 5.90. The summed E-state index contributed by atoms with van der Waals surface area (Å²) in [7, 11) is 0. The lowest BCUT2D eigenvalue weighted by Gasteiger charge is -2.29. The molecular weight excluding hydrogens is 253 g/mol. The van der Waals surface area contributed by atoms with Crippen LogP contribution in [0.4, 0.5) is 4.39 Å². The highest BCUT2D eigenvalue weighted by Crippen LogP contribution is 2.26. The van der Waals surface area contributed by atoms with Crippen LogP contribution in [0, 0.1) is 17.1 Å². The summed E-state index contributed by atoms with van der Waals surface area (Å²) in [5.74, 6) is -0.424. The van der Waals surface area contributed by atoms with E-state index < -0.39 is 5.82 Å². The van der Waals surface area contributed by atoms with Crippen molar-refractivity contribution in [2.45, 2.75) is 44.3 Å². The minimum atomic E-state index is -0.424. The van der Waals surface area contributed by atoms with Crippen LogP contribution in [0.1, 0.15) is 36.8 Å². The monoisotopic (exact) mass is 273 g/mol. The fraction of sp³-hybridized carbons (Fsp3) is 0.562. The Kier molecular flexibility index (Phi) is 4.00. The number of hydrogen-bond acceptors (Lipinski definition) is 3. The maximum absolute atomic E-state index is 13.4. The molecule has 1 aromatic carbocycles. The Morgan fingerprint density at radius 3 is 3.00 bits per heavy atom. The number of nitrogens with one attached hydrogen (secondary N) is 1. The first-order valence-electron chi connectivity index (χ1n) is 7.44. The van der Waals surface area contributed by atoms with Gasteiger partial charge in [0.1, 0.15) is 11.9 Å². The molecule has 2 fully saturated rings. The molecule has 2 aliphatic rings. The smallest absolute Gasteiger partial charge is 0.140 e. The van der Waals surface area contributed by atoms with Crippen LogP contribution in [-0.4, -0.2) is 30.1 Å². The summed E-state index contributed by atoms with van der Waals surface area (Å²) in [5, 5.41) is 12.5. The highest BCUT2D eigenvalue weighted by atomic mass is 19.1. The van der Waals surface area contributed by atoms with E-state index in [0.29, 0.717) is 12.1 Å². The highest BCUT2D eigenvalue weighted by molar-refractivity contribution is 5.34. The molecule has 0 saturated carbocycles. The molecule has 20 heavy (non-hydrogen) atoms. The molecule has 4 heteroatoms. The molecule has 0 aliphatic carbocycles. The molecule has 1 aromatic rings.